The number of carbonyl (C=O) groups is 3. The van der Waals surface area contributed by atoms with Crippen molar-refractivity contribution in [3.05, 3.63) is 36.9 Å². The Balaban J connectivity index is 1.70. The Hall–Kier alpha value is -3.56. The lowest BCUT2D eigenvalue weighted by Gasteiger charge is -2.34. The van der Waals surface area contributed by atoms with Gasteiger partial charge in [-0.3, -0.25) is 9.78 Å². The normalized spacial score (nSPS) is 19.1. The van der Waals surface area contributed by atoms with Crippen LogP contribution in [-0.2, 0) is 14.3 Å². The van der Waals surface area contributed by atoms with Gasteiger partial charge in [-0.1, -0.05) is 20.8 Å². The van der Waals surface area contributed by atoms with E-state index in [1.807, 2.05) is 0 Å². The van der Waals surface area contributed by atoms with Crippen LogP contribution in [0.25, 0.3) is 11.3 Å². The highest BCUT2D eigenvalue weighted by molar-refractivity contribution is 5.90. The number of likely N-dealkylation sites (tertiary alicyclic amines) is 1. The molecule has 3 rings (SSSR count). The number of carboxylic acids is 1. The van der Waals surface area contributed by atoms with Crippen molar-refractivity contribution >= 4 is 18.0 Å². The number of carbonyl (C=O) groups excluding carboxylic acids is 2. The molecule has 0 aliphatic carbocycles. The van der Waals surface area contributed by atoms with Crippen molar-refractivity contribution in [2.75, 3.05) is 20.3 Å². The first-order chi connectivity index (χ1) is 15.6. The van der Waals surface area contributed by atoms with E-state index in [1.165, 1.54) is 12.0 Å². The van der Waals surface area contributed by atoms with Gasteiger partial charge < -0.3 is 29.2 Å². The Kier molecular flexibility index (Phi) is 7.25. The van der Waals surface area contributed by atoms with Crippen molar-refractivity contribution in [1.29, 1.82) is 0 Å². The number of rotatable bonds is 7. The molecule has 3 unspecified atom stereocenters. The molecule has 0 bridgehead atoms. The van der Waals surface area contributed by atoms with Gasteiger partial charge in [0, 0.05) is 30.3 Å². The molecule has 2 aromatic heterocycles. The van der Waals surface area contributed by atoms with E-state index in [4.69, 9.17) is 9.15 Å². The second-order valence-corrected chi connectivity index (χ2v) is 9.08. The first kappa shape index (κ1) is 24.1. The molecule has 2 aromatic rings. The van der Waals surface area contributed by atoms with E-state index in [2.05, 4.69) is 15.0 Å². The van der Waals surface area contributed by atoms with Crippen LogP contribution in [0.5, 0.6) is 5.75 Å². The van der Waals surface area contributed by atoms with Crippen LogP contribution >= 0.6 is 0 Å². The summed E-state index contributed by atoms with van der Waals surface area (Å²) in [5.74, 6) is -1.17. The van der Waals surface area contributed by atoms with Crippen LogP contribution in [0.4, 0.5) is 4.79 Å². The molecule has 2 amide bonds. The molecular weight excluding hydrogens is 430 g/mol. The Morgan fingerprint density at radius 1 is 1.33 bits per heavy atom. The van der Waals surface area contributed by atoms with Crippen LogP contribution in [0.1, 0.15) is 27.2 Å². The number of alkyl carbamates (subject to hydrolysis) is 1. The highest BCUT2D eigenvalue weighted by Crippen LogP contribution is 2.30. The Morgan fingerprint density at radius 2 is 2.09 bits per heavy atom. The van der Waals surface area contributed by atoms with Crippen molar-refractivity contribution in [3.8, 4) is 17.0 Å². The summed E-state index contributed by atoms with van der Waals surface area (Å²) in [6.07, 6.45) is 4.25. The molecule has 3 atom stereocenters. The third-order valence-electron chi connectivity index (χ3n) is 5.55. The van der Waals surface area contributed by atoms with E-state index in [-0.39, 0.29) is 25.5 Å². The summed E-state index contributed by atoms with van der Waals surface area (Å²) in [5, 5.41) is 12.3. The topological polar surface area (TPSA) is 131 Å². The molecule has 10 nitrogen and oxygen atoms in total. The largest absolute Gasteiger partial charge is 0.493 e. The lowest BCUT2D eigenvalue weighted by molar-refractivity contribution is -0.150. The number of amides is 2. The van der Waals surface area contributed by atoms with E-state index in [0.29, 0.717) is 11.4 Å². The van der Waals surface area contributed by atoms with Gasteiger partial charge in [0.1, 0.15) is 17.8 Å². The van der Waals surface area contributed by atoms with Gasteiger partial charge in [-0.05, 0) is 24.0 Å². The molecule has 0 aromatic carbocycles. The molecular formula is C23H29N3O7. The number of methoxy groups -OCH3 is 1. The zero-order valence-electron chi connectivity index (χ0n) is 19.1. The molecule has 2 N–H and O–H groups in total. The molecule has 178 valence electrons. The van der Waals surface area contributed by atoms with Crippen molar-refractivity contribution in [3.63, 3.8) is 0 Å². The van der Waals surface area contributed by atoms with Gasteiger partial charge in [0.15, 0.2) is 0 Å². The van der Waals surface area contributed by atoms with Crippen LogP contribution in [-0.4, -0.2) is 65.3 Å². The highest BCUT2D eigenvalue weighted by Gasteiger charge is 2.45. The maximum atomic E-state index is 13.3. The summed E-state index contributed by atoms with van der Waals surface area (Å²) in [6, 6.07) is 3.33. The van der Waals surface area contributed by atoms with E-state index in [0.717, 1.165) is 5.56 Å². The number of hydrogen-bond acceptors (Lipinski definition) is 7. The Morgan fingerprint density at radius 3 is 2.70 bits per heavy atom. The maximum absolute atomic E-state index is 13.3. The van der Waals surface area contributed by atoms with E-state index >= 15 is 0 Å². The monoisotopic (exact) mass is 459 g/mol. The van der Waals surface area contributed by atoms with Crippen LogP contribution in [0, 0.1) is 11.3 Å². The lowest BCUT2D eigenvalue weighted by Crippen LogP contribution is -2.56. The van der Waals surface area contributed by atoms with Gasteiger partial charge in [0.25, 0.3) is 0 Å². The second kappa shape index (κ2) is 9.93. The third-order valence-corrected chi connectivity index (χ3v) is 5.55. The molecule has 33 heavy (non-hydrogen) atoms. The molecule has 1 saturated heterocycles. The fourth-order valence-corrected chi connectivity index (χ4v) is 3.80. The standard InChI is InChI=1S/C23H29N3O7/c1-23(2,3)19(25-22(30)31-4)20(27)26-11-14(9-18(26)21(28)29)12-33-16-5-7-24-17(10-16)15-6-8-32-13-15/h5-8,10,13-14,18-19H,9,11-12H2,1-4H3,(H,25,30)(H,28,29). The van der Waals surface area contributed by atoms with Gasteiger partial charge in [-0.15, -0.1) is 0 Å². The third kappa shape index (κ3) is 5.82. The van der Waals surface area contributed by atoms with Gasteiger partial charge in [0.05, 0.1) is 31.9 Å². The van der Waals surface area contributed by atoms with Crippen molar-refractivity contribution in [2.24, 2.45) is 11.3 Å². The smallest absolute Gasteiger partial charge is 0.407 e. The number of carboxylic acid groups (broad SMARTS) is 1. The first-order valence-electron chi connectivity index (χ1n) is 10.6. The van der Waals surface area contributed by atoms with E-state index in [9.17, 15) is 19.5 Å². The Bertz CT molecular complexity index is 984. The number of aliphatic carboxylic acids is 1. The highest BCUT2D eigenvalue weighted by atomic mass is 16.5. The molecule has 0 spiro atoms. The summed E-state index contributed by atoms with van der Waals surface area (Å²) in [5.41, 5.74) is 0.855. The maximum Gasteiger partial charge on any atom is 0.407 e. The predicted molar refractivity (Wildman–Crippen MR) is 117 cm³/mol. The number of ether oxygens (including phenoxy) is 2. The molecule has 0 saturated carbocycles. The number of nitrogens with one attached hydrogen (secondary N) is 1. The molecule has 1 aliphatic rings. The van der Waals surface area contributed by atoms with Gasteiger partial charge in [-0.2, -0.15) is 0 Å². The van der Waals surface area contributed by atoms with Crippen molar-refractivity contribution < 1.29 is 33.4 Å². The number of hydrogen-bond donors (Lipinski definition) is 2. The van der Waals surface area contributed by atoms with Crippen LogP contribution < -0.4 is 10.1 Å². The molecule has 0 radical (unpaired) electrons. The average Bonchev–Trinajstić information content (AvgIpc) is 3.45. The summed E-state index contributed by atoms with van der Waals surface area (Å²) in [6.45, 7) is 5.80. The van der Waals surface area contributed by atoms with Gasteiger partial charge in [0.2, 0.25) is 5.91 Å². The number of nitrogens with zero attached hydrogens (tertiary/aromatic N) is 2. The summed E-state index contributed by atoms with van der Waals surface area (Å²) < 4.78 is 15.6. The predicted octanol–water partition coefficient (Wildman–Crippen LogP) is 2.79. The summed E-state index contributed by atoms with van der Waals surface area (Å²) >= 11 is 0. The number of pyridine rings is 1. The van der Waals surface area contributed by atoms with Crippen LogP contribution in [0.15, 0.2) is 41.3 Å². The Labute approximate surface area is 191 Å². The minimum Gasteiger partial charge on any atom is -0.493 e. The van der Waals surface area contributed by atoms with Gasteiger partial charge in [-0.25, -0.2) is 9.59 Å². The van der Waals surface area contributed by atoms with E-state index in [1.54, 1.807) is 57.7 Å². The van der Waals surface area contributed by atoms with Crippen LogP contribution in [0.3, 0.4) is 0 Å². The zero-order valence-corrected chi connectivity index (χ0v) is 19.1. The summed E-state index contributed by atoms with van der Waals surface area (Å²) in [7, 11) is 1.21. The van der Waals surface area contributed by atoms with Crippen molar-refractivity contribution in [1.82, 2.24) is 15.2 Å². The van der Waals surface area contributed by atoms with Crippen molar-refractivity contribution in [2.45, 2.75) is 39.3 Å². The average molecular weight is 459 g/mol. The fraction of sp³-hybridized carbons (Fsp3) is 0.478. The quantitative estimate of drug-likeness (QED) is 0.646. The molecule has 3 heterocycles. The number of aromatic nitrogens is 1. The first-order valence-corrected chi connectivity index (χ1v) is 10.6. The van der Waals surface area contributed by atoms with E-state index < -0.39 is 35.5 Å². The minimum absolute atomic E-state index is 0.195. The molecule has 1 aliphatic heterocycles. The fourth-order valence-electron chi connectivity index (χ4n) is 3.80. The molecule has 1 fully saturated rings. The number of furan rings is 1. The zero-order chi connectivity index (χ0) is 24.2. The molecule has 10 heteroatoms. The lowest BCUT2D eigenvalue weighted by atomic mass is 9.85. The second-order valence-electron chi connectivity index (χ2n) is 9.08. The SMILES string of the molecule is COC(=O)NC(C(=O)N1CC(COc2ccnc(-c3ccoc3)c2)CC1C(=O)O)C(C)(C)C. The minimum atomic E-state index is -1.09. The van der Waals surface area contributed by atoms with Crippen LogP contribution in [0.2, 0.25) is 0 Å². The van der Waals surface area contributed by atoms with Gasteiger partial charge >= 0.3 is 12.1 Å². The summed E-state index contributed by atoms with van der Waals surface area (Å²) in [4.78, 5) is 42.6.